The first-order valence-electron chi connectivity index (χ1n) is 11.6. The summed E-state index contributed by atoms with van der Waals surface area (Å²) in [5.74, 6) is -4.96. The summed E-state index contributed by atoms with van der Waals surface area (Å²) in [5, 5.41) is 33.8. The molecule has 0 bridgehead atoms. The van der Waals surface area contributed by atoms with Crippen molar-refractivity contribution >= 4 is 46.8 Å². The minimum absolute atomic E-state index is 0.0444. The van der Waals surface area contributed by atoms with Crippen LogP contribution in [0.25, 0.3) is 0 Å². The van der Waals surface area contributed by atoms with Gasteiger partial charge < -0.3 is 26.0 Å². The average Bonchev–Trinajstić information content (AvgIpc) is 2.90. The van der Waals surface area contributed by atoms with E-state index in [2.05, 4.69) is 15.6 Å². The van der Waals surface area contributed by atoms with Gasteiger partial charge in [0, 0.05) is 11.6 Å². The van der Waals surface area contributed by atoms with E-state index in [1.54, 1.807) is 30.3 Å². The number of benzene rings is 1. The van der Waals surface area contributed by atoms with Crippen LogP contribution >= 0.6 is 11.6 Å². The highest BCUT2D eigenvalue weighted by Crippen LogP contribution is 2.38. The van der Waals surface area contributed by atoms with Crippen molar-refractivity contribution in [3.05, 3.63) is 70.1 Å². The largest absolute Gasteiger partial charge is 0.507 e. The first kappa shape index (κ1) is 26.8. The van der Waals surface area contributed by atoms with Crippen LogP contribution in [0.2, 0.25) is 0 Å². The molecule has 3 atom stereocenters. The van der Waals surface area contributed by atoms with E-state index in [0.717, 1.165) is 17.1 Å². The molecule has 0 aromatic heterocycles. The van der Waals surface area contributed by atoms with Gasteiger partial charge in [0.1, 0.15) is 28.8 Å². The number of carboxylic acids is 1. The Balaban J connectivity index is 1.66. The lowest BCUT2D eigenvalue weighted by Crippen LogP contribution is -2.71. The van der Waals surface area contributed by atoms with Crippen molar-refractivity contribution in [2.45, 2.75) is 31.0 Å². The third-order valence-electron chi connectivity index (χ3n) is 6.24. The number of hydrogen-bond donors (Lipinski definition) is 5. The summed E-state index contributed by atoms with van der Waals surface area (Å²) >= 11 is 6.02. The first-order valence-corrected chi connectivity index (χ1v) is 12.0. The van der Waals surface area contributed by atoms with E-state index in [9.17, 15) is 34.2 Å². The number of allylic oxidation sites excluding steroid dienone is 3. The molecule has 198 valence electrons. The van der Waals surface area contributed by atoms with Crippen LogP contribution in [0.1, 0.15) is 24.4 Å². The molecule has 0 spiro atoms. The van der Waals surface area contributed by atoms with Crippen LogP contribution in [-0.2, 0) is 24.0 Å². The number of halogens is 1. The van der Waals surface area contributed by atoms with Crippen LogP contribution in [0, 0.1) is 0 Å². The molecule has 1 aliphatic carbocycles. The number of rotatable bonds is 8. The molecule has 2 aliphatic heterocycles. The van der Waals surface area contributed by atoms with Crippen molar-refractivity contribution in [3.63, 3.8) is 0 Å². The standard InChI is InChI=1S/C25H23ClN4O8/c26-13-6-7-14-19(24(36)30(14)21(13)25(37)38)29-23(35)18(12-4-2-1-3-5-12)28-20-16(33)9-8-15(32)17(20)22(34)27-10-11-31/h1-5,8-9,14,18-19,31-32H,6-7,10-11H2,(H,27,34)(H,29,35)(H,37,38)/t14-,18-,19+/m1/s1. The van der Waals surface area contributed by atoms with Gasteiger partial charge in [0.2, 0.25) is 11.7 Å². The lowest BCUT2D eigenvalue weighted by Gasteiger charge is -2.49. The minimum atomic E-state index is -1.40. The number of carboxylic acid groups (broad SMARTS) is 1. The molecule has 1 fully saturated rings. The van der Waals surface area contributed by atoms with E-state index < -0.39 is 64.6 Å². The van der Waals surface area contributed by atoms with E-state index in [1.807, 2.05) is 0 Å². The van der Waals surface area contributed by atoms with Crippen LogP contribution in [-0.4, -0.2) is 80.6 Å². The number of aliphatic hydroxyl groups excluding tert-OH is 2. The Kier molecular flexibility index (Phi) is 7.74. The summed E-state index contributed by atoms with van der Waals surface area (Å²) in [5.41, 5.74) is -0.941. The molecule has 3 amide bonds. The SMILES string of the molecule is O=C(O)C1=C(Cl)CC[C@@H]2[C@H](NC(=O)[C@H](N=C3C(=O)C=CC(O)=C3C(=O)NCCO)c3ccccc3)C(=O)N12. The quantitative estimate of drug-likeness (QED) is 0.228. The molecular weight excluding hydrogens is 520 g/mol. The third-order valence-corrected chi connectivity index (χ3v) is 6.61. The van der Waals surface area contributed by atoms with Gasteiger partial charge in [-0.15, -0.1) is 0 Å². The molecule has 38 heavy (non-hydrogen) atoms. The second kappa shape index (κ2) is 11.0. The number of hydrogen-bond acceptors (Lipinski definition) is 8. The Bertz CT molecular complexity index is 1330. The Morgan fingerprint density at radius 1 is 1.16 bits per heavy atom. The number of nitrogens with zero attached hydrogens (tertiary/aromatic N) is 2. The fourth-order valence-corrected chi connectivity index (χ4v) is 4.75. The molecule has 1 saturated heterocycles. The Morgan fingerprint density at radius 3 is 2.53 bits per heavy atom. The summed E-state index contributed by atoms with van der Waals surface area (Å²) in [6, 6.07) is 4.99. The second-order valence-electron chi connectivity index (χ2n) is 8.59. The topological polar surface area (TPSA) is 186 Å². The smallest absolute Gasteiger partial charge is 0.353 e. The number of aliphatic imine (C=N–C) groups is 1. The van der Waals surface area contributed by atoms with Gasteiger partial charge in [-0.2, -0.15) is 0 Å². The predicted octanol–water partition coefficient (Wildman–Crippen LogP) is 0.253. The van der Waals surface area contributed by atoms with Crippen molar-refractivity contribution in [2.75, 3.05) is 13.2 Å². The lowest BCUT2D eigenvalue weighted by atomic mass is 9.86. The zero-order valence-corrected chi connectivity index (χ0v) is 20.5. The summed E-state index contributed by atoms with van der Waals surface area (Å²) in [6.07, 6.45) is 2.56. The molecule has 1 aromatic carbocycles. The molecule has 3 aliphatic rings. The maximum Gasteiger partial charge on any atom is 0.353 e. The highest BCUT2D eigenvalue weighted by atomic mass is 35.5. The Morgan fingerprint density at radius 2 is 1.87 bits per heavy atom. The normalized spacial score (nSPS) is 22.7. The number of aliphatic carboxylic acids is 1. The number of carbonyl (C=O) groups is 5. The zero-order chi connectivity index (χ0) is 27.6. The van der Waals surface area contributed by atoms with Gasteiger partial charge in [-0.3, -0.25) is 29.1 Å². The fourth-order valence-electron chi connectivity index (χ4n) is 4.47. The molecule has 1 aromatic rings. The molecular formula is C25H23ClN4O8. The molecule has 0 unspecified atom stereocenters. The van der Waals surface area contributed by atoms with Gasteiger partial charge in [0.15, 0.2) is 6.04 Å². The van der Waals surface area contributed by atoms with Crippen molar-refractivity contribution < 1.29 is 39.3 Å². The Hall–Kier alpha value is -4.29. The zero-order valence-electron chi connectivity index (χ0n) is 19.8. The van der Waals surface area contributed by atoms with Crippen LogP contribution in [0.15, 0.2) is 69.5 Å². The molecule has 12 nitrogen and oxygen atoms in total. The number of carbonyl (C=O) groups excluding carboxylic acids is 4. The lowest BCUT2D eigenvalue weighted by molar-refractivity contribution is -0.156. The maximum absolute atomic E-state index is 13.5. The van der Waals surface area contributed by atoms with Crippen molar-refractivity contribution in [1.29, 1.82) is 0 Å². The number of fused-ring (bicyclic) bond motifs is 1. The molecule has 13 heteroatoms. The van der Waals surface area contributed by atoms with Gasteiger partial charge in [0.25, 0.3) is 11.8 Å². The highest BCUT2D eigenvalue weighted by Gasteiger charge is 2.53. The second-order valence-corrected chi connectivity index (χ2v) is 9.04. The summed E-state index contributed by atoms with van der Waals surface area (Å²) < 4.78 is 0. The predicted molar refractivity (Wildman–Crippen MR) is 133 cm³/mol. The van der Waals surface area contributed by atoms with E-state index in [4.69, 9.17) is 16.7 Å². The van der Waals surface area contributed by atoms with E-state index >= 15 is 0 Å². The number of β-lactam (4-membered cyclic amide) rings is 1. The molecule has 2 heterocycles. The summed E-state index contributed by atoms with van der Waals surface area (Å²) in [7, 11) is 0. The van der Waals surface area contributed by atoms with Gasteiger partial charge in [-0.05, 0) is 30.6 Å². The number of ketones is 1. The maximum atomic E-state index is 13.5. The van der Waals surface area contributed by atoms with Crippen LogP contribution < -0.4 is 10.6 Å². The molecule has 5 N–H and O–H groups in total. The fraction of sp³-hybridized carbons (Fsp3) is 0.280. The van der Waals surface area contributed by atoms with Crippen LogP contribution in [0.5, 0.6) is 0 Å². The van der Waals surface area contributed by atoms with Gasteiger partial charge in [-0.25, -0.2) is 4.79 Å². The minimum Gasteiger partial charge on any atom is -0.507 e. The molecule has 0 radical (unpaired) electrons. The van der Waals surface area contributed by atoms with Crippen LogP contribution in [0.3, 0.4) is 0 Å². The van der Waals surface area contributed by atoms with E-state index in [1.165, 1.54) is 0 Å². The molecule has 0 saturated carbocycles. The number of nitrogens with one attached hydrogen (secondary N) is 2. The Labute approximate surface area is 221 Å². The molecule has 4 rings (SSSR count). The summed E-state index contributed by atoms with van der Waals surface area (Å²) in [4.78, 5) is 68.6. The van der Waals surface area contributed by atoms with Crippen molar-refractivity contribution in [3.8, 4) is 0 Å². The van der Waals surface area contributed by atoms with E-state index in [0.29, 0.717) is 12.0 Å². The number of aliphatic hydroxyl groups is 2. The third kappa shape index (κ3) is 4.95. The van der Waals surface area contributed by atoms with Gasteiger partial charge in [0.05, 0.1) is 12.6 Å². The highest BCUT2D eigenvalue weighted by molar-refractivity contribution is 6.56. The first-order chi connectivity index (χ1) is 18.1. The summed E-state index contributed by atoms with van der Waals surface area (Å²) in [6.45, 7) is -0.537. The average molecular weight is 543 g/mol. The van der Waals surface area contributed by atoms with E-state index in [-0.39, 0.29) is 30.3 Å². The van der Waals surface area contributed by atoms with Crippen molar-refractivity contribution in [1.82, 2.24) is 15.5 Å². The number of amides is 3. The van der Waals surface area contributed by atoms with Crippen LogP contribution in [0.4, 0.5) is 0 Å². The van der Waals surface area contributed by atoms with Crippen molar-refractivity contribution in [2.24, 2.45) is 4.99 Å². The monoisotopic (exact) mass is 542 g/mol. The van der Waals surface area contributed by atoms with Gasteiger partial charge >= 0.3 is 5.97 Å². The van der Waals surface area contributed by atoms with Gasteiger partial charge in [-0.1, -0.05) is 41.9 Å².